The number of hydrogen-bond acceptors (Lipinski definition) is 3. The molecular weight excluding hydrogens is 237 g/mol. The molecule has 0 fully saturated rings. The minimum Gasteiger partial charge on any atom is -0.493 e. The van der Waals surface area contributed by atoms with Gasteiger partial charge in [-0.15, -0.1) is 0 Å². The monoisotopic (exact) mass is 248 g/mol. The van der Waals surface area contributed by atoms with Gasteiger partial charge < -0.3 is 4.74 Å². The maximum Gasteiger partial charge on any atom is 0.419 e. The largest absolute Gasteiger partial charge is 0.493 e. The number of carbonyl (C=O) groups is 1. The van der Waals surface area contributed by atoms with Gasteiger partial charge in [0.05, 0.1) is 12.2 Å². The first-order chi connectivity index (χ1) is 7.90. The van der Waals surface area contributed by atoms with Crippen molar-refractivity contribution in [2.45, 2.75) is 13.1 Å². The number of amides is 1. The van der Waals surface area contributed by atoms with Crippen LogP contribution < -0.4 is 16.0 Å². The quantitative estimate of drug-likeness (QED) is 0.486. The highest BCUT2D eigenvalue weighted by Gasteiger charge is 2.35. The first-order valence-corrected chi connectivity index (χ1v) is 4.75. The van der Waals surface area contributed by atoms with Crippen LogP contribution in [0.2, 0.25) is 0 Å². The first kappa shape index (κ1) is 13.3. The topological polar surface area (TPSA) is 64.3 Å². The maximum atomic E-state index is 12.7. The van der Waals surface area contributed by atoms with Gasteiger partial charge in [-0.1, -0.05) is 0 Å². The van der Waals surface area contributed by atoms with Crippen LogP contribution in [0.4, 0.5) is 13.2 Å². The number of alkyl halides is 3. The highest BCUT2D eigenvalue weighted by atomic mass is 19.4. The van der Waals surface area contributed by atoms with E-state index in [1.165, 1.54) is 6.07 Å². The summed E-state index contributed by atoms with van der Waals surface area (Å²) >= 11 is 0. The number of carbonyl (C=O) groups excluding carboxylic acids is 1. The van der Waals surface area contributed by atoms with Crippen LogP contribution in [0.3, 0.4) is 0 Å². The molecule has 0 heterocycles. The van der Waals surface area contributed by atoms with Crippen LogP contribution in [-0.4, -0.2) is 12.5 Å². The lowest BCUT2D eigenvalue weighted by atomic mass is 10.1. The summed E-state index contributed by atoms with van der Waals surface area (Å²) in [6.07, 6.45) is -4.59. The second-order valence-electron chi connectivity index (χ2n) is 3.12. The zero-order chi connectivity index (χ0) is 13.1. The fourth-order valence-electron chi connectivity index (χ4n) is 1.26. The van der Waals surface area contributed by atoms with E-state index in [2.05, 4.69) is 0 Å². The summed E-state index contributed by atoms with van der Waals surface area (Å²) in [5, 5.41) is 0. The number of hydrazine groups is 1. The van der Waals surface area contributed by atoms with Crippen LogP contribution in [0, 0.1) is 0 Å². The summed E-state index contributed by atoms with van der Waals surface area (Å²) in [5.74, 6) is 3.74. The number of nitrogens with one attached hydrogen (secondary N) is 1. The standard InChI is InChI=1S/C10H11F3N2O2/c1-2-17-8-4-3-6(9(16)15-14)5-7(8)10(11,12)13/h3-5H,2,14H2,1H3,(H,15,16). The number of hydrogen-bond donors (Lipinski definition) is 2. The summed E-state index contributed by atoms with van der Waals surface area (Å²) in [6.45, 7) is 1.67. The predicted octanol–water partition coefficient (Wildman–Crippen LogP) is 1.71. The molecule has 0 unspecified atom stereocenters. The van der Waals surface area contributed by atoms with Gasteiger partial charge in [-0.3, -0.25) is 10.2 Å². The van der Waals surface area contributed by atoms with Crippen molar-refractivity contribution in [1.82, 2.24) is 5.43 Å². The molecule has 7 heteroatoms. The molecule has 0 aliphatic heterocycles. The molecule has 0 aromatic heterocycles. The fraction of sp³-hybridized carbons (Fsp3) is 0.300. The molecule has 0 saturated heterocycles. The molecule has 0 radical (unpaired) electrons. The second-order valence-corrected chi connectivity index (χ2v) is 3.12. The zero-order valence-electron chi connectivity index (χ0n) is 8.97. The molecule has 0 atom stereocenters. The zero-order valence-corrected chi connectivity index (χ0v) is 8.97. The van der Waals surface area contributed by atoms with Crippen molar-refractivity contribution in [3.05, 3.63) is 29.3 Å². The molecule has 4 nitrogen and oxygen atoms in total. The van der Waals surface area contributed by atoms with E-state index < -0.39 is 17.6 Å². The molecule has 17 heavy (non-hydrogen) atoms. The van der Waals surface area contributed by atoms with Crippen molar-refractivity contribution in [3.8, 4) is 5.75 Å². The van der Waals surface area contributed by atoms with Crippen molar-refractivity contribution < 1.29 is 22.7 Å². The molecule has 94 valence electrons. The maximum absolute atomic E-state index is 12.7. The van der Waals surface area contributed by atoms with Gasteiger partial charge in [-0.05, 0) is 25.1 Å². The minimum absolute atomic E-state index is 0.103. The lowest BCUT2D eigenvalue weighted by molar-refractivity contribution is -0.138. The van der Waals surface area contributed by atoms with E-state index in [-0.39, 0.29) is 17.9 Å². The molecule has 1 rings (SSSR count). The Labute approximate surface area is 95.5 Å². The number of halogens is 3. The second kappa shape index (κ2) is 5.05. The molecule has 1 aromatic carbocycles. The number of benzene rings is 1. The Morgan fingerprint density at radius 2 is 2.12 bits per heavy atom. The Hall–Kier alpha value is -1.76. The van der Waals surface area contributed by atoms with Crippen molar-refractivity contribution in [2.75, 3.05) is 6.61 Å². The summed E-state index contributed by atoms with van der Waals surface area (Å²) in [6, 6.07) is 3.01. The third-order valence-electron chi connectivity index (χ3n) is 1.98. The molecule has 0 bridgehead atoms. The fourth-order valence-corrected chi connectivity index (χ4v) is 1.26. The smallest absolute Gasteiger partial charge is 0.419 e. The summed E-state index contributed by atoms with van der Waals surface area (Å²) in [5.41, 5.74) is 0.587. The van der Waals surface area contributed by atoms with Gasteiger partial charge >= 0.3 is 6.18 Å². The molecule has 0 spiro atoms. The third kappa shape index (κ3) is 3.10. The summed E-state index contributed by atoms with van der Waals surface area (Å²) < 4.78 is 42.9. The molecule has 0 aliphatic rings. The number of ether oxygens (including phenoxy) is 1. The average molecular weight is 248 g/mol. The Kier molecular flexibility index (Phi) is 3.95. The normalized spacial score (nSPS) is 11.1. The van der Waals surface area contributed by atoms with Crippen LogP contribution >= 0.6 is 0 Å². The van der Waals surface area contributed by atoms with Gasteiger partial charge in [0.15, 0.2) is 0 Å². The number of rotatable bonds is 3. The van der Waals surface area contributed by atoms with Gasteiger partial charge in [-0.2, -0.15) is 13.2 Å². The van der Waals surface area contributed by atoms with Gasteiger partial charge in [-0.25, -0.2) is 5.84 Å². The van der Waals surface area contributed by atoms with E-state index in [9.17, 15) is 18.0 Å². The Morgan fingerprint density at radius 1 is 1.47 bits per heavy atom. The SMILES string of the molecule is CCOc1ccc(C(=O)NN)cc1C(F)(F)F. The van der Waals surface area contributed by atoms with Crippen LogP contribution in [0.1, 0.15) is 22.8 Å². The van der Waals surface area contributed by atoms with Crippen LogP contribution in [-0.2, 0) is 6.18 Å². The molecule has 0 aliphatic carbocycles. The highest BCUT2D eigenvalue weighted by Crippen LogP contribution is 2.36. The van der Waals surface area contributed by atoms with Gasteiger partial charge in [0, 0.05) is 5.56 Å². The van der Waals surface area contributed by atoms with E-state index in [0.717, 1.165) is 6.07 Å². The average Bonchev–Trinajstić information content (AvgIpc) is 2.27. The summed E-state index contributed by atoms with van der Waals surface area (Å²) in [4.78, 5) is 11.1. The minimum atomic E-state index is -4.59. The van der Waals surface area contributed by atoms with Crippen molar-refractivity contribution in [2.24, 2.45) is 5.84 Å². The Morgan fingerprint density at radius 3 is 2.59 bits per heavy atom. The van der Waals surface area contributed by atoms with E-state index in [0.29, 0.717) is 6.07 Å². The van der Waals surface area contributed by atoms with Crippen LogP contribution in [0.5, 0.6) is 5.75 Å². The highest BCUT2D eigenvalue weighted by molar-refractivity contribution is 5.94. The molecule has 3 N–H and O–H groups in total. The Bertz CT molecular complexity index is 419. The van der Waals surface area contributed by atoms with Gasteiger partial charge in [0.1, 0.15) is 5.75 Å². The molecule has 1 amide bonds. The summed E-state index contributed by atoms with van der Waals surface area (Å²) in [7, 11) is 0. The molecular formula is C10H11F3N2O2. The van der Waals surface area contributed by atoms with E-state index in [4.69, 9.17) is 10.6 Å². The molecule has 0 saturated carbocycles. The Balaban J connectivity index is 3.24. The third-order valence-corrected chi connectivity index (χ3v) is 1.98. The van der Waals surface area contributed by atoms with Crippen LogP contribution in [0.25, 0.3) is 0 Å². The van der Waals surface area contributed by atoms with E-state index in [1.807, 2.05) is 0 Å². The van der Waals surface area contributed by atoms with E-state index in [1.54, 1.807) is 12.3 Å². The van der Waals surface area contributed by atoms with Crippen molar-refractivity contribution >= 4 is 5.91 Å². The number of nitrogens with two attached hydrogens (primary N) is 1. The number of nitrogen functional groups attached to an aromatic ring is 1. The van der Waals surface area contributed by atoms with Crippen LogP contribution in [0.15, 0.2) is 18.2 Å². The van der Waals surface area contributed by atoms with E-state index >= 15 is 0 Å². The van der Waals surface area contributed by atoms with Gasteiger partial charge in [0.25, 0.3) is 5.91 Å². The lowest BCUT2D eigenvalue weighted by Gasteiger charge is -2.14. The first-order valence-electron chi connectivity index (χ1n) is 4.75. The lowest BCUT2D eigenvalue weighted by Crippen LogP contribution is -2.30. The molecule has 1 aromatic rings. The van der Waals surface area contributed by atoms with Gasteiger partial charge in [0.2, 0.25) is 0 Å². The predicted molar refractivity (Wildman–Crippen MR) is 54.3 cm³/mol. The van der Waals surface area contributed by atoms with Crippen molar-refractivity contribution in [1.29, 1.82) is 0 Å². The van der Waals surface area contributed by atoms with Crippen molar-refractivity contribution in [3.63, 3.8) is 0 Å².